The molecule has 0 bridgehead atoms. The van der Waals surface area contributed by atoms with Crippen molar-refractivity contribution in [1.82, 2.24) is 9.78 Å². The largest absolute Gasteiger partial charge is 0.288 e. The molecule has 0 radical (unpaired) electrons. The number of carbonyl (C=O) groups excluding carboxylic acids is 1. The molecule has 4 heteroatoms. The molecule has 76 valence electrons. The minimum atomic E-state index is 0.0360. The van der Waals surface area contributed by atoms with Crippen molar-refractivity contribution in [3.05, 3.63) is 46.4 Å². The fourth-order valence-corrected chi connectivity index (χ4v) is 1.84. The summed E-state index contributed by atoms with van der Waals surface area (Å²) in [4.78, 5) is 12.3. The van der Waals surface area contributed by atoms with Crippen LogP contribution < -0.4 is 0 Å². The second kappa shape index (κ2) is 4.23. The van der Waals surface area contributed by atoms with Crippen LogP contribution in [0.25, 0.3) is 6.08 Å². The van der Waals surface area contributed by atoms with E-state index in [9.17, 15) is 4.79 Å². The predicted molar refractivity (Wildman–Crippen MR) is 60.9 cm³/mol. The van der Waals surface area contributed by atoms with E-state index < -0.39 is 0 Å². The molecule has 0 amide bonds. The van der Waals surface area contributed by atoms with E-state index in [1.807, 2.05) is 30.8 Å². The van der Waals surface area contributed by atoms with Gasteiger partial charge >= 0.3 is 0 Å². The normalized spacial score (nSPS) is 11.0. The standard InChI is InChI=1S/C11H10N2OS/c1-13-8-9(7-12-13)4-5-10(14)11-3-2-6-15-11/h2-8H,1H3/b5-4+. The quantitative estimate of drug-likeness (QED) is 0.585. The van der Waals surface area contributed by atoms with Gasteiger partial charge in [-0.15, -0.1) is 11.3 Å². The van der Waals surface area contributed by atoms with Crippen LogP contribution in [0.4, 0.5) is 0 Å². The van der Waals surface area contributed by atoms with E-state index in [0.29, 0.717) is 0 Å². The molecule has 0 aliphatic rings. The molecule has 0 N–H and O–H groups in total. The average Bonchev–Trinajstić information content (AvgIpc) is 2.84. The number of aromatic nitrogens is 2. The first kappa shape index (κ1) is 9.86. The molecule has 0 aliphatic heterocycles. The Morgan fingerprint density at radius 3 is 3.07 bits per heavy atom. The summed E-state index contributed by atoms with van der Waals surface area (Å²) in [5.74, 6) is 0.0360. The second-order valence-corrected chi connectivity index (χ2v) is 4.07. The summed E-state index contributed by atoms with van der Waals surface area (Å²) in [6.45, 7) is 0. The molecule has 0 saturated heterocycles. The second-order valence-electron chi connectivity index (χ2n) is 3.12. The molecule has 0 aliphatic carbocycles. The van der Waals surface area contributed by atoms with E-state index in [0.717, 1.165) is 10.4 Å². The monoisotopic (exact) mass is 218 g/mol. The Bertz CT molecular complexity index is 482. The van der Waals surface area contributed by atoms with Gasteiger partial charge in [-0.05, 0) is 23.6 Å². The van der Waals surface area contributed by atoms with Crippen molar-refractivity contribution in [2.24, 2.45) is 7.05 Å². The van der Waals surface area contributed by atoms with Crippen LogP contribution in [-0.2, 0) is 7.05 Å². The molecule has 3 nitrogen and oxygen atoms in total. The first-order valence-corrected chi connectivity index (χ1v) is 5.38. The highest BCUT2D eigenvalue weighted by Crippen LogP contribution is 2.10. The maximum atomic E-state index is 11.6. The molecule has 15 heavy (non-hydrogen) atoms. The third kappa shape index (κ3) is 2.41. The lowest BCUT2D eigenvalue weighted by Gasteiger charge is -1.86. The third-order valence-corrected chi connectivity index (χ3v) is 2.80. The van der Waals surface area contributed by atoms with Gasteiger partial charge in [-0.1, -0.05) is 6.07 Å². The van der Waals surface area contributed by atoms with Gasteiger partial charge in [-0.25, -0.2) is 0 Å². The highest BCUT2D eigenvalue weighted by atomic mass is 32.1. The summed E-state index contributed by atoms with van der Waals surface area (Å²) >= 11 is 1.45. The zero-order chi connectivity index (χ0) is 10.7. The van der Waals surface area contributed by atoms with Crippen LogP contribution in [0.15, 0.2) is 36.0 Å². The highest BCUT2D eigenvalue weighted by molar-refractivity contribution is 7.12. The fourth-order valence-electron chi connectivity index (χ4n) is 1.20. The van der Waals surface area contributed by atoms with Gasteiger partial charge in [0.15, 0.2) is 5.78 Å². The van der Waals surface area contributed by atoms with Crippen molar-refractivity contribution in [3.63, 3.8) is 0 Å². The molecule has 0 saturated carbocycles. The summed E-state index contributed by atoms with van der Waals surface area (Å²) in [6, 6.07) is 3.69. The van der Waals surface area contributed by atoms with E-state index in [4.69, 9.17) is 0 Å². The smallest absolute Gasteiger partial charge is 0.195 e. The van der Waals surface area contributed by atoms with Gasteiger partial charge in [0, 0.05) is 18.8 Å². The van der Waals surface area contributed by atoms with E-state index in [2.05, 4.69) is 5.10 Å². The molecule has 2 heterocycles. The van der Waals surface area contributed by atoms with Gasteiger partial charge in [-0.3, -0.25) is 9.48 Å². The Hall–Kier alpha value is -1.68. The number of thiophene rings is 1. The lowest BCUT2D eigenvalue weighted by atomic mass is 10.2. The molecule has 0 fully saturated rings. The van der Waals surface area contributed by atoms with Crippen LogP contribution >= 0.6 is 11.3 Å². The van der Waals surface area contributed by atoms with Crippen LogP contribution in [0.5, 0.6) is 0 Å². The lowest BCUT2D eigenvalue weighted by molar-refractivity contribution is 0.105. The topological polar surface area (TPSA) is 34.9 Å². The molecule has 0 aromatic carbocycles. The van der Waals surface area contributed by atoms with E-state index >= 15 is 0 Å². The molecular formula is C11H10N2OS. The van der Waals surface area contributed by atoms with Crippen molar-refractivity contribution in [3.8, 4) is 0 Å². The van der Waals surface area contributed by atoms with Crippen LogP contribution in [0, 0.1) is 0 Å². The van der Waals surface area contributed by atoms with Gasteiger partial charge in [0.1, 0.15) is 0 Å². The number of nitrogens with zero attached hydrogens (tertiary/aromatic N) is 2. The number of ketones is 1. The maximum Gasteiger partial charge on any atom is 0.195 e. The van der Waals surface area contributed by atoms with Crippen LogP contribution in [0.2, 0.25) is 0 Å². The number of rotatable bonds is 3. The first-order valence-electron chi connectivity index (χ1n) is 4.50. The zero-order valence-corrected chi connectivity index (χ0v) is 9.07. The van der Waals surface area contributed by atoms with Crippen LogP contribution in [0.3, 0.4) is 0 Å². The van der Waals surface area contributed by atoms with E-state index in [-0.39, 0.29) is 5.78 Å². The molecule has 0 atom stereocenters. The van der Waals surface area contributed by atoms with E-state index in [1.165, 1.54) is 11.3 Å². The van der Waals surface area contributed by atoms with Crippen LogP contribution in [-0.4, -0.2) is 15.6 Å². The third-order valence-electron chi connectivity index (χ3n) is 1.92. The van der Waals surface area contributed by atoms with E-state index in [1.54, 1.807) is 23.0 Å². The Morgan fingerprint density at radius 2 is 2.47 bits per heavy atom. The fraction of sp³-hybridized carbons (Fsp3) is 0.0909. The number of aryl methyl sites for hydroxylation is 1. The average molecular weight is 218 g/mol. The minimum absolute atomic E-state index is 0.0360. The summed E-state index contributed by atoms with van der Waals surface area (Å²) in [5, 5.41) is 5.91. The number of carbonyl (C=O) groups is 1. The summed E-state index contributed by atoms with van der Waals surface area (Å²) in [6.07, 6.45) is 6.92. The first-order chi connectivity index (χ1) is 7.25. The van der Waals surface area contributed by atoms with Crippen molar-refractivity contribution in [1.29, 1.82) is 0 Å². The Morgan fingerprint density at radius 1 is 1.60 bits per heavy atom. The van der Waals surface area contributed by atoms with Crippen molar-refractivity contribution in [2.75, 3.05) is 0 Å². The molecular weight excluding hydrogens is 208 g/mol. The van der Waals surface area contributed by atoms with Crippen molar-refractivity contribution in [2.45, 2.75) is 0 Å². The summed E-state index contributed by atoms with van der Waals surface area (Å²) < 4.78 is 1.70. The minimum Gasteiger partial charge on any atom is -0.288 e. The number of allylic oxidation sites excluding steroid dienone is 1. The van der Waals surface area contributed by atoms with Crippen molar-refractivity contribution >= 4 is 23.2 Å². The Kier molecular flexibility index (Phi) is 2.78. The molecule has 0 spiro atoms. The summed E-state index contributed by atoms with van der Waals surface area (Å²) in [7, 11) is 1.85. The highest BCUT2D eigenvalue weighted by Gasteiger charge is 2.01. The Labute approximate surface area is 91.7 Å². The molecule has 2 aromatic heterocycles. The maximum absolute atomic E-state index is 11.6. The molecule has 2 rings (SSSR count). The number of hydrogen-bond donors (Lipinski definition) is 0. The van der Waals surface area contributed by atoms with Gasteiger partial charge in [0.25, 0.3) is 0 Å². The SMILES string of the molecule is Cn1cc(/C=C/C(=O)c2cccs2)cn1. The number of hydrogen-bond acceptors (Lipinski definition) is 3. The molecule has 0 unspecified atom stereocenters. The molecule has 2 aromatic rings. The van der Waals surface area contributed by atoms with Crippen molar-refractivity contribution < 1.29 is 4.79 Å². The van der Waals surface area contributed by atoms with Gasteiger partial charge < -0.3 is 0 Å². The van der Waals surface area contributed by atoms with Gasteiger partial charge in [0.2, 0.25) is 0 Å². The summed E-state index contributed by atoms with van der Waals surface area (Å²) in [5.41, 5.74) is 0.933. The Balaban J connectivity index is 2.09. The van der Waals surface area contributed by atoms with Gasteiger partial charge in [0.05, 0.1) is 11.1 Å². The zero-order valence-electron chi connectivity index (χ0n) is 8.25. The predicted octanol–water partition coefficient (Wildman–Crippen LogP) is 2.38. The lowest BCUT2D eigenvalue weighted by Crippen LogP contribution is -1.88. The van der Waals surface area contributed by atoms with Crippen LogP contribution in [0.1, 0.15) is 15.2 Å². The van der Waals surface area contributed by atoms with Gasteiger partial charge in [-0.2, -0.15) is 5.10 Å².